The first kappa shape index (κ1) is 19.1. The first-order valence-corrected chi connectivity index (χ1v) is 9.27. The van der Waals surface area contributed by atoms with Crippen molar-refractivity contribution in [1.82, 2.24) is 19.7 Å². The Morgan fingerprint density at radius 3 is 2.72 bits per heavy atom. The van der Waals surface area contributed by atoms with Crippen molar-refractivity contribution in [3.8, 4) is 17.3 Å². The zero-order valence-corrected chi connectivity index (χ0v) is 16.3. The maximum atomic E-state index is 13.9. The average Bonchev–Trinajstić information content (AvgIpc) is 3.33. The summed E-state index contributed by atoms with van der Waals surface area (Å²) in [5, 5.41) is 5.14. The summed E-state index contributed by atoms with van der Waals surface area (Å²) in [6.45, 7) is 2.32. The standard InChI is InChI=1S/C21H17ClF2N4O/c1-13-8-19(21-25-6-7-26-21)27-28(13)11-15-9-16(22)3-5-20(15)29-12-14-2-4-17(23)10-18(14)24/h2-10H,11-12H2,1H3,(H,25,26). The van der Waals surface area contributed by atoms with Gasteiger partial charge in [0.2, 0.25) is 0 Å². The molecule has 4 rings (SSSR count). The van der Waals surface area contributed by atoms with Crippen molar-refractivity contribution in [3.63, 3.8) is 0 Å². The number of nitrogens with one attached hydrogen (secondary N) is 1. The number of hydrogen-bond donors (Lipinski definition) is 1. The Bertz CT molecular complexity index is 1140. The molecule has 0 aliphatic carbocycles. The second-order valence-electron chi connectivity index (χ2n) is 6.54. The van der Waals surface area contributed by atoms with Gasteiger partial charge < -0.3 is 9.72 Å². The van der Waals surface area contributed by atoms with Gasteiger partial charge >= 0.3 is 0 Å². The summed E-state index contributed by atoms with van der Waals surface area (Å²) in [4.78, 5) is 7.25. The Kier molecular flexibility index (Phi) is 5.31. The molecule has 2 heterocycles. The number of aryl methyl sites for hydroxylation is 1. The number of rotatable bonds is 6. The summed E-state index contributed by atoms with van der Waals surface area (Å²) in [5.74, 6) is -0.0414. The van der Waals surface area contributed by atoms with Crippen molar-refractivity contribution < 1.29 is 13.5 Å². The molecule has 0 radical (unpaired) electrons. The van der Waals surface area contributed by atoms with Gasteiger partial charge in [-0.2, -0.15) is 5.10 Å². The number of halogens is 3. The van der Waals surface area contributed by atoms with Crippen LogP contribution in [0.25, 0.3) is 11.5 Å². The van der Waals surface area contributed by atoms with Crippen molar-refractivity contribution >= 4 is 11.6 Å². The van der Waals surface area contributed by atoms with Gasteiger partial charge in [-0.3, -0.25) is 4.68 Å². The van der Waals surface area contributed by atoms with Gasteiger partial charge in [0.1, 0.15) is 29.7 Å². The molecule has 0 spiro atoms. The third-order valence-corrected chi connectivity index (χ3v) is 4.70. The van der Waals surface area contributed by atoms with Gasteiger partial charge in [-0.15, -0.1) is 0 Å². The maximum Gasteiger partial charge on any atom is 0.157 e. The van der Waals surface area contributed by atoms with Crippen molar-refractivity contribution in [2.45, 2.75) is 20.1 Å². The first-order chi connectivity index (χ1) is 14.0. The first-order valence-electron chi connectivity index (χ1n) is 8.89. The molecule has 29 heavy (non-hydrogen) atoms. The second kappa shape index (κ2) is 8.05. The quantitative estimate of drug-likeness (QED) is 0.475. The molecule has 5 nitrogen and oxygen atoms in total. The molecule has 0 unspecified atom stereocenters. The highest BCUT2D eigenvalue weighted by Gasteiger charge is 2.13. The van der Waals surface area contributed by atoms with E-state index in [9.17, 15) is 8.78 Å². The van der Waals surface area contributed by atoms with E-state index >= 15 is 0 Å². The average molecular weight is 415 g/mol. The lowest BCUT2D eigenvalue weighted by atomic mass is 10.2. The van der Waals surface area contributed by atoms with Crippen LogP contribution in [0.1, 0.15) is 16.8 Å². The number of imidazole rings is 1. The maximum absolute atomic E-state index is 13.9. The van der Waals surface area contributed by atoms with Gasteiger partial charge in [-0.25, -0.2) is 13.8 Å². The molecule has 148 valence electrons. The number of ether oxygens (including phenoxy) is 1. The fourth-order valence-corrected chi connectivity index (χ4v) is 3.15. The highest BCUT2D eigenvalue weighted by atomic mass is 35.5. The summed E-state index contributed by atoms with van der Waals surface area (Å²) < 4.78 is 34.6. The minimum absolute atomic E-state index is 0.0313. The fraction of sp³-hybridized carbons (Fsp3) is 0.143. The van der Waals surface area contributed by atoms with Crippen LogP contribution in [0.15, 0.2) is 54.9 Å². The van der Waals surface area contributed by atoms with E-state index in [1.165, 1.54) is 12.1 Å². The molecule has 1 N–H and O–H groups in total. The Labute approximate surface area is 170 Å². The summed E-state index contributed by atoms with van der Waals surface area (Å²) >= 11 is 6.17. The molecule has 0 bridgehead atoms. The summed E-state index contributed by atoms with van der Waals surface area (Å²) in [6.07, 6.45) is 3.41. The van der Waals surface area contributed by atoms with Gasteiger partial charge in [0.25, 0.3) is 0 Å². The largest absolute Gasteiger partial charge is 0.488 e. The Balaban J connectivity index is 1.57. The molecule has 0 amide bonds. The number of nitrogens with zero attached hydrogens (tertiary/aromatic N) is 3. The molecule has 0 saturated heterocycles. The van der Waals surface area contributed by atoms with E-state index in [-0.39, 0.29) is 12.2 Å². The zero-order valence-electron chi connectivity index (χ0n) is 15.5. The Morgan fingerprint density at radius 1 is 1.10 bits per heavy atom. The lowest BCUT2D eigenvalue weighted by Crippen LogP contribution is -2.07. The zero-order chi connectivity index (χ0) is 20.4. The Morgan fingerprint density at radius 2 is 1.97 bits per heavy atom. The summed E-state index contributed by atoms with van der Waals surface area (Å²) in [5.41, 5.74) is 2.72. The van der Waals surface area contributed by atoms with Gasteiger partial charge in [-0.05, 0) is 43.3 Å². The van der Waals surface area contributed by atoms with Crippen molar-refractivity contribution in [3.05, 3.63) is 88.3 Å². The van der Waals surface area contributed by atoms with Crippen LogP contribution < -0.4 is 4.74 Å². The molecule has 0 fully saturated rings. The molecule has 0 aliphatic rings. The molecule has 0 aliphatic heterocycles. The topological polar surface area (TPSA) is 55.7 Å². The predicted molar refractivity (Wildman–Crippen MR) is 106 cm³/mol. The van der Waals surface area contributed by atoms with Gasteiger partial charge in [0.05, 0.1) is 6.54 Å². The minimum Gasteiger partial charge on any atom is -0.488 e. The highest BCUT2D eigenvalue weighted by molar-refractivity contribution is 6.30. The Hall–Kier alpha value is -3.19. The highest BCUT2D eigenvalue weighted by Crippen LogP contribution is 2.26. The van der Waals surface area contributed by atoms with E-state index in [1.807, 2.05) is 17.7 Å². The van der Waals surface area contributed by atoms with Gasteiger partial charge in [0, 0.05) is 40.3 Å². The van der Waals surface area contributed by atoms with E-state index in [1.54, 1.807) is 30.6 Å². The molecule has 2 aromatic heterocycles. The third kappa shape index (κ3) is 4.30. The molecular weight excluding hydrogens is 398 g/mol. The molecule has 0 saturated carbocycles. The molecule has 8 heteroatoms. The van der Waals surface area contributed by atoms with Crippen LogP contribution in [0.5, 0.6) is 5.75 Å². The van der Waals surface area contributed by atoms with Crippen molar-refractivity contribution in [2.24, 2.45) is 0 Å². The molecule has 2 aromatic carbocycles. The van der Waals surface area contributed by atoms with Crippen molar-refractivity contribution in [1.29, 1.82) is 0 Å². The number of aromatic amines is 1. The van der Waals surface area contributed by atoms with Crippen LogP contribution >= 0.6 is 11.6 Å². The van der Waals surface area contributed by atoms with Crippen LogP contribution in [0.2, 0.25) is 5.02 Å². The molecule has 0 atom stereocenters. The summed E-state index contributed by atoms with van der Waals surface area (Å²) in [7, 11) is 0. The van der Waals surface area contributed by atoms with Crippen LogP contribution in [0, 0.1) is 18.6 Å². The number of H-pyrrole nitrogens is 1. The number of benzene rings is 2. The second-order valence-corrected chi connectivity index (χ2v) is 6.98. The van der Waals surface area contributed by atoms with Crippen LogP contribution in [-0.2, 0) is 13.2 Å². The van der Waals surface area contributed by atoms with Gasteiger partial charge in [-0.1, -0.05) is 11.6 Å². The van der Waals surface area contributed by atoms with E-state index in [4.69, 9.17) is 16.3 Å². The normalized spacial score (nSPS) is 11.0. The van der Waals surface area contributed by atoms with E-state index in [2.05, 4.69) is 15.1 Å². The third-order valence-electron chi connectivity index (χ3n) is 4.46. The summed E-state index contributed by atoms with van der Waals surface area (Å²) in [6, 6.07) is 10.5. The van der Waals surface area contributed by atoms with Gasteiger partial charge in [0.15, 0.2) is 5.82 Å². The van der Waals surface area contributed by atoms with Crippen LogP contribution in [0.3, 0.4) is 0 Å². The lowest BCUT2D eigenvalue weighted by molar-refractivity contribution is 0.295. The monoisotopic (exact) mass is 414 g/mol. The lowest BCUT2D eigenvalue weighted by Gasteiger charge is -2.13. The smallest absolute Gasteiger partial charge is 0.157 e. The van der Waals surface area contributed by atoms with Crippen molar-refractivity contribution in [2.75, 3.05) is 0 Å². The number of aromatic nitrogens is 4. The van der Waals surface area contributed by atoms with E-state index in [0.717, 1.165) is 23.0 Å². The molecular formula is C21H17ClF2N4O. The fourth-order valence-electron chi connectivity index (χ4n) is 2.96. The predicted octanol–water partition coefficient (Wildman–Crippen LogP) is 5.14. The van der Waals surface area contributed by atoms with Crippen LogP contribution in [0.4, 0.5) is 8.78 Å². The van der Waals surface area contributed by atoms with Crippen LogP contribution in [-0.4, -0.2) is 19.7 Å². The van der Waals surface area contributed by atoms with E-state index in [0.29, 0.717) is 23.1 Å². The molecule has 4 aromatic rings. The SMILES string of the molecule is Cc1cc(-c2ncc[nH]2)nn1Cc1cc(Cl)ccc1OCc1ccc(F)cc1F. The minimum atomic E-state index is -0.647. The van der Waals surface area contributed by atoms with E-state index < -0.39 is 11.6 Å². The number of hydrogen-bond acceptors (Lipinski definition) is 3.